The zero-order valence-electron chi connectivity index (χ0n) is 9.73. The van der Waals surface area contributed by atoms with Crippen LogP contribution < -0.4 is 5.56 Å². The molecule has 2 heterocycles. The van der Waals surface area contributed by atoms with Gasteiger partial charge in [0.2, 0.25) is 0 Å². The highest BCUT2D eigenvalue weighted by molar-refractivity contribution is 5.95. The Morgan fingerprint density at radius 2 is 2.06 bits per heavy atom. The normalized spacial score (nSPS) is 10.5. The highest BCUT2D eigenvalue weighted by Crippen LogP contribution is 2.03. The van der Waals surface area contributed by atoms with Crippen molar-refractivity contribution < 1.29 is 4.79 Å². The number of aromatic nitrogens is 3. The minimum atomic E-state index is -0.361. The summed E-state index contributed by atoms with van der Waals surface area (Å²) >= 11 is 0. The van der Waals surface area contributed by atoms with Crippen molar-refractivity contribution in [3.8, 4) is 0 Å². The number of nitrogens with zero attached hydrogens (tertiary/aromatic N) is 2. The SMILES string of the molecule is CCc1c(C)[nH]n(C(=O)c2ccncc2)c1=O. The molecular formula is C12H13N3O2. The summed E-state index contributed by atoms with van der Waals surface area (Å²) < 4.78 is 1.05. The molecule has 0 aliphatic carbocycles. The van der Waals surface area contributed by atoms with Gasteiger partial charge in [0.15, 0.2) is 0 Å². The van der Waals surface area contributed by atoms with E-state index in [1.807, 2.05) is 6.92 Å². The molecule has 0 atom stereocenters. The van der Waals surface area contributed by atoms with Crippen LogP contribution >= 0.6 is 0 Å². The summed E-state index contributed by atoms with van der Waals surface area (Å²) in [5.41, 5.74) is 1.55. The van der Waals surface area contributed by atoms with Crippen molar-refractivity contribution in [2.24, 2.45) is 0 Å². The number of H-pyrrole nitrogens is 1. The molecule has 0 saturated carbocycles. The van der Waals surface area contributed by atoms with E-state index in [9.17, 15) is 9.59 Å². The molecule has 17 heavy (non-hydrogen) atoms. The standard InChI is InChI=1S/C12H13N3O2/c1-3-10-8(2)14-15(12(10)17)11(16)9-4-6-13-7-5-9/h4-7,14H,3H2,1-2H3. The van der Waals surface area contributed by atoms with Gasteiger partial charge in [-0.3, -0.25) is 19.7 Å². The molecule has 0 aliphatic rings. The maximum atomic E-state index is 12.1. The first-order valence-corrected chi connectivity index (χ1v) is 5.40. The summed E-state index contributed by atoms with van der Waals surface area (Å²) in [5, 5.41) is 2.80. The van der Waals surface area contributed by atoms with Crippen LogP contribution in [-0.4, -0.2) is 20.7 Å². The van der Waals surface area contributed by atoms with Crippen molar-refractivity contribution in [2.75, 3.05) is 0 Å². The molecule has 5 nitrogen and oxygen atoms in total. The quantitative estimate of drug-likeness (QED) is 0.842. The number of aromatic amines is 1. The van der Waals surface area contributed by atoms with Gasteiger partial charge in [-0.25, -0.2) is 0 Å². The fourth-order valence-electron chi connectivity index (χ4n) is 1.76. The van der Waals surface area contributed by atoms with Gasteiger partial charge in [-0.15, -0.1) is 0 Å². The van der Waals surface area contributed by atoms with E-state index in [2.05, 4.69) is 10.1 Å². The number of hydrogen-bond acceptors (Lipinski definition) is 3. The Hall–Kier alpha value is -2.17. The van der Waals surface area contributed by atoms with Crippen molar-refractivity contribution in [2.45, 2.75) is 20.3 Å². The summed E-state index contributed by atoms with van der Waals surface area (Å²) in [7, 11) is 0. The smallest absolute Gasteiger partial charge is 0.279 e. The van der Waals surface area contributed by atoms with Gasteiger partial charge in [0, 0.05) is 29.2 Å². The second-order valence-corrected chi connectivity index (χ2v) is 3.75. The lowest BCUT2D eigenvalue weighted by atomic mass is 10.2. The molecule has 0 saturated heterocycles. The molecule has 0 bridgehead atoms. The Bertz CT molecular complexity index is 596. The largest absolute Gasteiger partial charge is 0.292 e. The molecule has 0 radical (unpaired) electrons. The van der Waals surface area contributed by atoms with Gasteiger partial charge >= 0.3 is 0 Å². The van der Waals surface area contributed by atoms with Crippen LogP contribution in [0.15, 0.2) is 29.3 Å². The van der Waals surface area contributed by atoms with Crippen LogP contribution in [0.2, 0.25) is 0 Å². The highest BCUT2D eigenvalue weighted by Gasteiger charge is 2.15. The van der Waals surface area contributed by atoms with Crippen molar-refractivity contribution >= 4 is 5.91 Å². The Morgan fingerprint density at radius 1 is 1.41 bits per heavy atom. The van der Waals surface area contributed by atoms with Crippen LogP contribution in [-0.2, 0) is 6.42 Å². The Kier molecular flexibility index (Phi) is 2.91. The molecule has 2 aromatic rings. The molecule has 0 unspecified atom stereocenters. The van der Waals surface area contributed by atoms with Gasteiger partial charge in [0.1, 0.15) is 0 Å². The summed E-state index contributed by atoms with van der Waals surface area (Å²) in [6.45, 7) is 3.68. The van der Waals surface area contributed by atoms with Gasteiger partial charge in [-0.2, -0.15) is 4.68 Å². The predicted octanol–water partition coefficient (Wildman–Crippen LogP) is 1.13. The average Bonchev–Trinajstić information content (AvgIpc) is 2.64. The van der Waals surface area contributed by atoms with Crippen molar-refractivity contribution in [1.29, 1.82) is 0 Å². The van der Waals surface area contributed by atoms with E-state index in [1.54, 1.807) is 19.1 Å². The number of aryl methyl sites for hydroxylation is 1. The lowest BCUT2D eigenvalue weighted by Crippen LogP contribution is -2.26. The second kappa shape index (κ2) is 4.37. The summed E-state index contributed by atoms with van der Waals surface area (Å²) in [4.78, 5) is 27.8. The van der Waals surface area contributed by atoms with E-state index in [0.29, 0.717) is 17.5 Å². The summed E-state index contributed by atoms with van der Waals surface area (Å²) in [5.74, 6) is -0.361. The van der Waals surface area contributed by atoms with Crippen LogP contribution in [0.25, 0.3) is 0 Å². The van der Waals surface area contributed by atoms with Gasteiger partial charge in [-0.05, 0) is 25.5 Å². The number of rotatable bonds is 2. The van der Waals surface area contributed by atoms with E-state index < -0.39 is 0 Å². The third-order valence-corrected chi connectivity index (χ3v) is 2.68. The fraction of sp³-hybridized carbons (Fsp3) is 0.250. The zero-order chi connectivity index (χ0) is 12.4. The fourth-order valence-corrected chi connectivity index (χ4v) is 1.76. The number of nitrogens with one attached hydrogen (secondary N) is 1. The van der Waals surface area contributed by atoms with E-state index in [-0.39, 0.29) is 11.5 Å². The van der Waals surface area contributed by atoms with Gasteiger partial charge in [0.25, 0.3) is 11.5 Å². The van der Waals surface area contributed by atoms with Crippen LogP contribution in [0.1, 0.15) is 28.5 Å². The van der Waals surface area contributed by atoms with Crippen molar-refractivity contribution in [3.63, 3.8) is 0 Å². The highest BCUT2D eigenvalue weighted by atomic mass is 16.2. The minimum Gasteiger partial charge on any atom is -0.292 e. The Balaban J connectivity index is 2.49. The lowest BCUT2D eigenvalue weighted by Gasteiger charge is -1.99. The van der Waals surface area contributed by atoms with Crippen LogP contribution in [0.4, 0.5) is 0 Å². The van der Waals surface area contributed by atoms with Crippen LogP contribution in [0.5, 0.6) is 0 Å². The molecule has 1 N–H and O–H groups in total. The first-order valence-electron chi connectivity index (χ1n) is 5.40. The predicted molar refractivity (Wildman–Crippen MR) is 63.1 cm³/mol. The average molecular weight is 231 g/mol. The third-order valence-electron chi connectivity index (χ3n) is 2.68. The van der Waals surface area contributed by atoms with Crippen molar-refractivity contribution in [1.82, 2.24) is 14.8 Å². The molecule has 88 valence electrons. The molecule has 5 heteroatoms. The van der Waals surface area contributed by atoms with Gasteiger partial charge in [0.05, 0.1) is 0 Å². The number of hydrogen-bond donors (Lipinski definition) is 1. The molecule has 0 amide bonds. The number of carbonyl (C=O) groups excluding carboxylic acids is 1. The zero-order valence-corrected chi connectivity index (χ0v) is 9.73. The molecule has 0 aliphatic heterocycles. The summed E-state index contributed by atoms with van der Waals surface area (Å²) in [6, 6.07) is 3.16. The Labute approximate surface area is 98.1 Å². The van der Waals surface area contributed by atoms with Crippen LogP contribution in [0, 0.1) is 6.92 Å². The monoisotopic (exact) mass is 231 g/mol. The van der Waals surface area contributed by atoms with Gasteiger partial charge in [-0.1, -0.05) is 6.92 Å². The summed E-state index contributed by atoms with van der Waals surface area (Å²) in [6.07, 6.45) is 3.65. The molecule has 2 aromatic heterocycles. The van der Waals surface area contributed by atoms with Gasteiger partial charge < -0.3 is 0 Å². The van der Waals surface area contributed by atoms with E-state index in [1.165, 1.54) is 12.4 Å². The molecule has 0 fully saturated rings. The maximum absolute atomic E-state index is 12.1. The minimum absolute atomic E-state index is 0.271. The Morgan fingerprint density at radius 3 is 2.59 bits per heavy atom. The van der Waals surface area contributed by atoms with E-state index in [0.717, 1.165) is 10.4 Å². The second-order valence-electron chi connectivity index (χ2n) is 3.75. The van der Waals surface area contributed by atoms with E-state index >= 15 is 0 Å². The lowest BCUT2D eigenvalue weighted by molar-refractivity contribution is 0.0940. The topological polar surface area (TPSA) is 67.8 Å². The first-order chi connectivity index (χ1) is 8.15. The van der Waals surface area contributed by atoms with Crippen LogP contribution in [0.3, 0.4) is 0 Å². The molecule has 0 aromatic carbocycles. The molecule has 0 spiro atoms. The van der Waals surface area contributed by atoms with E-state index in [4.69, 9.17) is 0 Å². The molecular weight excluding hydrogens is 218 g/mol. The molecule has 2 rings (SSSR count). The maximum Gasteiger partial charge on any atom is 0.279 e. The van der Waals surface area contributed by atoms with Crippen molar-refractivity contribution in [3.05, 3.63) is 51.7 Å². The third kappa shape index (κ3) is 1.91. The first kappa shape index (κ1) is 11.3. The number of pyridine rings is 1. The number of carbonyl (C=O) groups is 1.